The Morgan fingerprint density at radius 3 is 2.52 bits per heavy atom. The normalized spacial score (nSPS) is 19.8. The fourth-order valence-electron chi connectivity index (χ4n) is 3.89. The van der Waals surface area contributed by atoms with Gasteiger partial charge in [0, 0.05) is 44.5 Å². The van der Waals surface area contributed by atoms with Crippen molar-refractivity contribution in [2.45, 2.75) is 36.8 Å². The van der Waals surface area contributed by atoms with Crippen molar-refractivity contribution in [2.24, 2.45) is 7.05 Å². The number of hydrogen-bond donors (Lipinski definition) is 1. The monoisotopic (exact) mass is 443 g/mol. The van der Waals surface area contributed by atoms with Gasteiger partial charge in [-0.15, -0.1) is 0 Å². The predicted molar refractivity (Wildman–Crippen MR) is 117 cm³/mol. The highest BCUT2D eigenvalue weighted by atomic mass is 32.2. The molecule has 0 radical (unpaired) electrons. The van der Waals surface area contributed by atoms with E-state index in [0.29, 0.717) is 11.7 Å². The Morgan fingerprint density at radius 1 is 1.13 bits per heavy atom. The molecule has 1 aliphatic rings. The fraction of sp³-hybridized carbons (Fsp3) is 0.364. The molecule has 0 unspecified atom stereocenters. The number of sulfonamides is 1. The number of benzene rings is 1. The summed E-state index contributed by atoms with van der Waals surface area (Å²) < 4.78 is 42.9. The summed E-state index contributed by atoms with van der Waals surface area (Å²) in [6.45, 7) is 4.74. The molecule has 7 nitrogen and oxygen atoms in total. The first kappa shape index (κ1) is 21.5. The van der Waals surface area contributed by atoms with Gasteiger partial charge in [-0.25, -0.2) is 22.8 Å². The molecule has 2 atom stereocenters. The molecule has 164 valence electrons. The lowest BCUT2D eigenvalue weighted by Crippen LogP contribution is -2.32. The molecule has 1 saturated heterocycles. The van der Waals surface area contributed by atoms with E-state index in [1.165, 1.54) is 29.0 Å². The van der Waals surface area contributed by atoms with Crippen LogP contribution in [0.25, 0.3) is 0 Å². The summed E-state index contributed by atoms with van der Waals surface area (Å²) in [5.41, 5.74) is 2.02. The number of aromatic nitrogens is 3. The number of nitrogens with one attached hydrogen (secondary N) is 1. The minimum absolute atomic E-state index is 0.0217. The molecule has 0 amide bonds. The second-order valence-corrected chi connectivity index (χ2v) is 10.1. The van der Waals surface area contributed by atoms with Crippen molar-refractivity contribution >= 4 is 15.8 Å². The number of anilines is 1. The molecule has 0 aliphatic carbocycles. The topological polar surface area (TPSA) is 80.1 Å². The Kier molecular flexibility index (Phi) is 5.81. The maximum atomic E-state index is 13.5. The van der Waals surface area contributed by atoms with E-state index in [0.717, 1.165) is 11.1 Å². The van der Waals surface area contributed by atoms with Crippen molar-refractivity contribution in [1.29, 1.82) is 0 Å². The highest BCUT2D eigenvalue weighted by Crippen LogP contribution is 2.33. The fourth-order valence-corrected chi connectivity index (χ4v) is 5.35. The average Bonchev–Trinajstić information content (AvgIpc) is 3.36. The minimum Gasteiger partial charge on any atom is -0.365 e. The minimum atomic E-state index is -3.75. The zero-order valence-corrected chi connectivity index (χ0v) is 18.6. The van der Waals surface area contributed by atoms with Crippen molar-refractivity contribution < 1.29 is 12.8 Å². The molecular weight excluding hydrogens is 417 g/mol. The van der Waals surface area contributed by atoms with E-state index in [4.69, 9.17) is 0 Å². The average molecular weight is 444 g/mol. The van der Waals surface area contributed by atoms with E-state index < -0.39 is 10.0 Å². The van der Waals surface area contributed by atoms with Crippen molar-refractivity contribution in [2.75, 3.05) is 18.4 Å². The summed E-state index contributed by atoms with van der Waals surface area (Å²) in [5, 5.41) is 3.44. The van der Waals surface area contributed by atoms with Crippen LogP contribution < -0.4 is 5.32 Å². The van der Waals surface area contributed by atoms with Gasteiger partial charge in [0.05, 0.1) is 6.33 Å². The Labute approximate surface area is 182 Å². The number of rotatable bonds is 6. The third-order valence-electron chi connectivity index (χ3n) is 5.65. The predicted octanol–water partition coefficient (Wildman–Crippen LogP) is 3.35. The molecule has 3 heterocycles. The van der Waals surface area contributed by atoms with Crippen molar-refractivity contribution in [3.8, 4) is 0 Å². The Bertz CT molecular complexity index is 1160. The molecule has 31 heavy (non-hydrogen) atoms. The van der Waals surface area contributed by atoms with Crippen LogP contribution in [0.15, 0.2) is 60.1 Å². The molecule has 1 N–H and O–H groups in total. The maximum absolute atomic E-state index is 13.5. The van der Waals surface area contributed by atoms with Crippen molar-refractivity contribution in [3.63, 3.8) is 0 Å². The Balaban J connectivity index is 1.65. The largest absolute Gasteiger partial charge is 0.365 e. The van der Waals surface area contributed by atoms with Gasteiger partial charge in [-0.3, -0.25) is 0 Å². The number of halogens is 1. The molecule has 4 rings (SSSR count). The Hall–Kier alpha value is -2.78. The standard InChI is InChI=1S/C22H26FN5O2S/c1-15(2)17-8-9-24-21(10-17)26-20-12-28(31(29,30)22-13-27(3)14-25-22)11-19(20)16-4-6-18(23)7-5-16/h4-10,13-15,19-20H,11-12H2,1-3H3,(H,24,26)/t19-,20+/m1/s1. The lowest BCUT2D eigenvalue weighted by Gasteiger charge is -2.21. The second kappa shape index (κ2) is 8.39. The molecule has 0 spiro atoms. The van der Waals surface area contributed by atoms with Crippen molar-refractivity contribution in [1.82, 2.24) is 18.8 Å². The van der Waals surface area contributed by atoms with Crippen LogP contribution in [0.4, 0.5) is 10.2 Å². The van der Waals surface area contributed by atoms with E-state index in [2.05, 4.69) is 29.1 Å². The van der Waals surface area contributed by atoms with E-state index >= 15 is 0 Å². The summed E-state index contributed by atoms with van der Waals surface area (Å²) >= 11 is 0. The molecule has 1 aliphatic heterocycles. The molecule has 3 aromatic rings. The van der Waals surface area contributed by atoms with Gasteiger partial charge in [0.25, 0.3) is 10.0 Å². The highest BCUT2D eigenvalue weighted by molar-refractivity contribution is 7.89. The first-order valence-corrected chi connectivity index (χ1v) is 11.6. The lowest BCUT2D eigenvalue weighted by atomic mass is 9.94. The van der Waals surface area contributed by atoms with Crippen LogP contribution in [0, 0.1) is 5.82 Å². The summed E-state index contributed by atoms with van der Waals surface area (Å²) in [7, 11) is -2.02. The lowest BCUT2D eigenvalue weighted by molar-refractivity contribution is 0.468. The zero-order valence-electron chi connectivity index (χ0n) is 17.7. The van der Waals surface area contributed by atoms with E-state index in [1.807, 2.05) is 12.1 Å². The zero-order chi connectivity index (χ0) is 22.2. The summed E-state index contributed by atoms with van der Waals surface area (Å²) in [5.74, 6) is 0.556. The number of nitrogens with zero attached hydrogens (tertiary/aromatic N) is 4. The van der Waals surface area contributed by atoms with Gasteiger partial charge in [0.2, 0.25) is 0 Å². The molecule has 0 saturated carbocycles. The van der Waals surface area contributed by atoms with E-state index in [9.17, 15) is 12.8 Å². The van der Waals surface area contributed by atoms with Crippen molar-refractivity contribution in [3.05, 3.63) is 72.1 Å². The molecule has 2 aromatic heterocycles. The smallest absolute Gasteiger partial charge is 0.262 e. The first-order chi connectivity index (χ1) is 14.7. The maximum Gasteiger partial charge on any atom is 0.262 e. The van der Waals surface area contributed by atoms with Gasteiger partial charge in [-0.2, -0.15) is 4.31 Å². The van der Waals surface area contributed by atoms with Crippen LogP contribution in [0.2, 0.25) is 0 Å². The van der Waals surface area contributed by atoms with Gasteiger partial charge < -0.3 is 9.88 Å². The first-order valence-electron chi connectivity index (χ1n) is 10.2. The molecule has 0 bridgehead atoms. The molecule has 1 fully saturated rings. The van der Waals surface area contributed by atoms with Gasteiger partial charge in [0.1, 0.15) is 11.6 Å². The van der Waals surface area contributed by atoms with Crippen LogP contribution in [0.5, 0.6) is 0 Å². The quantitative estimate of drug-likeness (QED) is 0.632. The molecule has 9 heteroatoms. The van der Waals surface area contributed by atoms with Crippen LogP contribution in [-0.4, -0.2) is 46.4 Å². The van der Waals surface area contributed by atoms with Gasteiger partial charge in [0.15, 0.2) is 5.03 Å². The summed E-state index contributed by atoms with van der Waals surface area (Å²) in [6.07, 6.45) is 4.72. The van der Waals surface area contributed by atoms with Gasteiger partial charge in [-0.1, -0.05) is 26.0 Å². The van der Waals surface area contributed by atoms with E-state index in [-0.39, 0.29) is 35.9 Å². The van der Waals surface area contributed by atoms with Crippen LogP contribution >= 0.6 is 0 Å². The molecular formula is C22H26FN5O2S. The number of imidazole rings is 1. The number of aryl methyl sites for hydroxylation is 1. The van der Waals surface area contributed by atoms with Crippen LogP contribution in [0.3, 0.4) is 0 Å². The number of pyridine rings is 1. The summed E-state index contributed by atoms with van der Waals surface area (Å²) in [4.78, 5) is 8.45. The summed E-state index contributed by atoms with van der Waals surface area (Å²) in [6, 6.07) is 9.97. The Morgan fingerprint density at radius 2 is 1.87 bits per heavy atom. The van der Waals surface area contributed by atoms with Crippen LogP contribution in [0.1, 0.15) is 36.8 Å². The van der Waals surface area contributed by atoms with Gasteiger partial charge >= 0.3 is 0 Å². The van der Waals surface area contributed by atoms with Crippen LogP contribution in [-0.2, 0) is 17.1 Å². The van der Waals surface area contributed by atoms with Gasteiger partial charge in [-0.05, 0) is 41.3 Å². The second-order valence-electron chi connectivity index (χ2n) is 8.24. The van der Waals surface area contributed by atoms with E-state index in [1.54, 1.807) is 29.9 Å². The molecule has 1 aromatic carbocycles. The highest BCUT2D eigenvalue weighted by Gasteiger charge is 2.41. The number of hydrogen-bond acceptors (Lipinski definition) is 5. The third kappa shape index (κ3) is 4.47. The SMILES string of the molecule is CC(C)c1ccnc(N[C@H]2CN(S(=O)(=O)c3cn(C)cn3)C[C@@H]2c2ccc(F)cc2)c1. The third-order valence-corrected chi connectivity index (χ3v) is 7.37.